The van der Waals surface area contributed by atoms with Gasteiger partial charge in [0.1, 0.15) is 5.82 Å². The summed E-state index contributed by atoms with van der Waals surface area (Å²) in [6.07, 6.45) is 2.50. The van der Waals surface area contributed by atoms with E-state index in [1.807, 2.05) is 0 Å². The van der Waals surface area contributed by atoms with Crippen molar-refractivity contribution in [3.05, 3.63) is 41.8 Å². The zero-order chi connectivity index (χ0) is 14.0. The number of hydrogen-bond donors (Lipinski definition) is 2. The maximum Gasteiger partial charge on any atom is 0.132 e. The largest absolute Gasteiger partial charge is 0.388 e. The Morgan fingerprint density at radius 2 is 2.30 bits per heavy atom. The number of benzene rings is 1. The van der Waals surface area contributed by atoms with E-state index in [1.54, 1.807) is 36.2 Å². The highest BCUT2D eigenvalue weighted by Gasteiger charge is 2.31. The maximum absolute atomic E-state index is 13.7. The first-order chi connectivity index (χ1) is 9.68. The Morgan fingerprint density at radius 3 is 3.10 bits per heavy atom. The highest BCUT2D eigenvalue weighted by Crippen LogP contribution is 2.27. The fourth-order valence-electron chi connectivity index (χ4n) is 2.50. The van der Waals surface area contributed by atoms with Crippen LogP contribution in [-0.2, 0) is 6.54 Å². The smallest absolute Gasteiger partial charge is 0.132 e. The third-order valence-electron chi connectivity index (χ3n) is 3.65. The Kier molecular flexibility index (Phi) is 3.92. The molecule has 0 amide bonds. The lowest BCUT2D eigenvalue weighted by atomic mass is 10.0. The second-order valence-electron chi connectivity index (χ2n) is 5.24. The Balaban J connectivity index is 1.73. The minimum absolute atomic E-state index is 0.248. The number of rotatable bonds is 4. The van der Waals surface area contributed by atoms with Gasteiger partial charge in [-0.3, -0.25) is 4.98 Å². The molecule has 2 aromatic rings. The predicted molar refractivity (Wildman–Crippen MR) is 80.3 cm³/mol. The number of halogens is 1. The molecular weight excluding hydrogens is 275 g/mol. The number of pyridine rings is 1. The first kappa shape index (κ1) is 13.8. The van der Waals surface area contributed by atoms with Crippen molar-refractivity contribution in [3.63, 3.8) is 0 Å². The van der Waals surface area contributed by atoms with Gasteiger partial charge in [-0.15, -0.1) is 0 Å². The molecule has 5 heteroatoms. The molecule has 1 aliphatic rings. The molecule has 1 saturated heterocycles. The normalized spacial score (nSPS) is 22.5. The summed E-state index contributed by atoms with van der Waals surface area (Å²) < 4.78 is 13.7. The van der Waals surface area contributed by atoms with Crippen molar-refractivity contribution < 1.29 is 9.50 Å². The van der Waals surface area contributed by atoms with Gasteiger partial charge in [-0.1, -0.05) is 6.07 Å². The molecular formula is C15H17FN2OS. The molecule has 1 unspecified atom stereocenters. The summed E-state index contributed by atoms with van der Waals surface area (Å²) in [6, 6.07) is 6.70. The van der Waals surface area contributed by atoms with E-state index in [0.717, 1.165) is 23.5 Å². The molecule has 1 aromatic carbocycles. The number of thioether (sulfide) groups is 1. The number of aromatic nitrogens is 1. The molecule has 1 fully saturated rings. The fourth-order valence-corrected chi connectivity index (χ4v) is 3.80. The molecule has 20 heavy (non-hydrogen) atoms. The Bertz CT molecular complexity index is 614. The van der Waals surface area contributed by atoms with Gasteiger partial charge >= 0.3 is 0 Å². The van der Waals surface area contributed by atoms with Gasteiger partial charge in [0.05, 0.1) is 11.1 Å². The molecule has 1 aromatic heterocycles. The quantitative estimate of drug-likeness (QED) is 0.908. The van der Waals surface area contributed by atoms with E-state index in [-0.39, 0.29) is 5.82 Å². The molecule has 3 nitrogen and oxygen atoms in total. The molecule has 0 radical (unpaired) electrons. The van der Waals surface area contributed by atoms with E-state index >= 15 is 0 Å². The molecule has 3 rings (SSSR count). The van der Waals surface area contributed by atoms with Gasteiger partial charge in [0.25, 0.3) is 0 Å². The Morgan fingerprint density at radius 1 is 1.40 bits per heavy atom. The minimum atomic E-state index is -0.603. The van der Waals surface area contributed by atoms with Crippen LogP contribution in [0.5, 0.6) is 0 Å². The zero-order valence-corrected chi connectivity index (χ0v) is 11.9. The minimum Gasteiger partial charge on any atom is -0.388 e. The van der Waals surface area contributed by atoms with Crippen molar-refractivity contribution in [1.82, 2.24) is 10.3 Å². The number of nitrogens with zero attached hydrogens (tertiary/aromatic N) is 1. The van der Waals surface area contributed by atoms with Crippen molar-refractivity contribution in [2.24, 2.45) is 0 Å². The van der Waals surface area contributed by atoms with Gasteiger partial charge < -0.3 is 10.4 Å². The molecule has 2 N–H and O–H groups in total. The van der Waals surface area contributed by atoms with Crippen molar-refractivity contribution in [2.75, 3.05) is 18.1 Å². The van der Waals surface area contributed by atoms with E-state index < -0.39 is 5.60 Å². The van der Waals surface area contributed by atoms with Crippen LogP contribution in [0.4, 0.5) is 4.39 Å². The third-order valence-corrected chi connectivity index (χ3v) is 4.89. The van der Waals surface area contributed by atoms with E-state index in [0.29, 0.717) is 24.0 Å². The van der Waals surface area contributed by atoms with Crippen LogP contribution >= 0.6 is 11.8 Å². The van der Waals surface area contributed by atoms with Crippen LogP contribution in [0, 0.1) is 5.82 Å². The highest BCUT2D eigenvalue weighted by molar-refractivity contribution is 7.99. The van der Waals surface area contributed by atoms with E-state index in [1.165, 1.54) is 6.07 Å². The van der Waals surface area contributed by atoms with E-state index in [4.69, 9.17) is 0 Å². The molecule has 0 saturated carbocycles. The van der Waals surface area contributed by atoms with Gasteiger partial charge in [-0.05, 0) is 35.9 Å². The van der Waals surface area contributed by atoms with Gasteiger partial charge in [0.2, 0.25) is 0 Å². The summed E-state index contributed by atoms with van der Waals surface area (Å²) in [5.74, 6) is 1.55. The second kappa shape index (κ2) is 5.68. The summed E-state index contributed by atoms with van der Waals surface area (Å²) in [6.45, 7) is 1.15. The van der Waals surface area contributed by atoms with Crippen molar-refractivity contribution >= 4 is 22.7 Å². The van der Waals surface area contributed by atoms with Crippen molar-refractivity contribution in [3.8, 4) is 0 Å². The van der Waals surface area contributed by atoms with Crippen molar-refractivity contribution in [2.45, 2.75) is 18.6 Å². The molecule has 0 spiro atoms. The second-order valence-corrected chi connectivity index (χ2v) is 6.34. The lowest BCUT2D eigenvalue weighted by Crippen LogP contribution is -2.40. The van der Waals surface area contributed by atoms with Gasteiger partial charge in [0.15, 0.2) is 0 Å². The standard InChI is InChI=1S/C15H17FN2OS/c16-13-4-3-11(14-12(13)2-1-6-18-14)8-17-9-15(19)5-7-20-10-15/h1-4,6,17,19H,5,7-10H2. The van der Waals surface area contributed by atoms with Crippen LogP contribution in [0.25, 0.3) is 10.9 Å². The molecule has 0 aliphatic carbocycles. The van der Waals surface area contributed by atoms with Crippen LogP contribution in [0.1, 0.15) is 12.0 Å². The van der Waals surface area contributed by atoms with Crippen LogP contribution in [0.2, 0.25) is 0 Å². The Hall–Kier alpha value is -1.17. The summed E-state index contributed by atoms with van der Waals surface area (Å²) in [4.78, 5) is 4.26. The molecule has 0 bridgehead atoms. The summed E-state index contributed by atoms with van der Waals surface area (Å²) >= 11 is 1.78. The topological polar surface area (TPSA) is 45.1 Å². The van der Waals surface area contributed by atoms with E-state index in [9.17, 15) is 9.50 Å². The first-order valence-corrected chi connectivity index (χ1v) is 7.86. The van der Waals surface area contributed by atoms with Gasteiger partial charge in [-0.25, -0.2) is 4.39 Å². The Labute approximate surface area is 121 Å². The summed E-state index contributed by atoms with van der Waals surface area (Å²) in [5.41, 5.74) is 1.04. The number of hydrogen-bond acceptors (Lipinski definition) is 4. The number of nitrogens with one attached hydrogen (secondary N) is 1. The molecule has 106 valence electrons. The van der Waals surface area contributed by atoms with Crippen LogP contribution < -0.4 is 5.32 Å². The molecule has 2 heterocycles. The average molecular weight is 292 g/mol. The fraction of sp³-hybridized carbons (Fsp3) is 0.400. The number of fused-ring (bicyclic) bond motifs is 1. The average Bonchev–Trinajstić information content (AvgIpc) is 2.89. The summed E-state index contributed by atoms with van der Waals surface area (Å²) in [5, 5.41) is 14.1. The first-order valence-electron chi connectivity index (χ1n) is 6.71. The predicted octanol–water partition coefficient (Wildman–Crippen LogP) is 2.33. The van der Waals surface area contributed by atoms with Crippen LogP contribution in [0.15, 0.2) is 30.5 Å². The SMILES string of the molecule is OC1(CNCc2ccc(F)c3cccnc23)CCSC1. The lowest BCUT2D eigenvalue weighted by molar-refractivity contribution is 0.0675. The maximum atomic E-state index is 13.7. The lowest BCUT2D eigenvalue weighted by Gasteiger charge is -2.21. The van der Waals surface area contributed by atoms with E-state index in [2.05, 4.69) is 10.3 Å². The van der Waals surface area contributed by atoms with Gasteiger partial charge in [-0.2, -0.15) is 11.8 Å². The summed E-state index contributed by atoms with van der Waals surface area (Å²) in [7, 11) is 0. The van der Waals surface area contributed by atoms with Crippen LogP contribution in [0.3, 0.4) is 0 Å². The van der Waals surface area contributed by atoms with Crippen LogP contribution in [-0.4, -0.2) is 33.7 Å². The monoisotopic (exact) mass is 292 g/mol. The molecule has 1 atom stereocenters. The van der Waals surface area contributed by atoms with Gasteiger partial charge in [0, 0.05) is 30.4 Å². The van der Waals surface area contributed by atoms with Crippen molar-refractivity contribution in [1.29, 1.82) is 0 Å². The highest BCUT2D eigenvalue weighted by atomic mass is 32.2. The zero-order valence-electron chi connectivity index (χ0n) is 11.1. The molecule has 1 aliphatic heterocycles. The third kappa shape index (κ3) is 2.80. The number of aliphatic hydroxyl groups is 1.